The maximum absolute atomic E-state index is 13.2. The molecule has 0 fully saturated rings. The molecule has 1 atom stereocenters. The molecule has 4 heteroatoms. The fourth-order valence-corrected chi connectivity index (χ4v) is 2.73. The fraction of sp³-hybridized carbons (Fsp3) is 0.400. The van der Waals surface area contributed by atoms with Gasteiger partial charge in [0, 0.05) is 31.5 Å². The van der Waals surface area contributed by atoms with Gasteiger partial charge in [0.15, 0.2) is 0 Å². The third-order valence-electron chi connectivity index (χ3n) is 3.79. The normalized spacial score (nSPS) is 18.3. The second kappa shape index (κ2) is 5.13. The number of aromatic nitrogens is 2. The highest BCUT2D eigenvalue weighted by atomic mass is 19.1. The van der Waals surface area contributed by atoms with Gasteiger partial charge in [0.1, 0.15) is 11.6 Å². The van der Waals surface area contributed by atoms with Gasteiger partial charge in [-0.3, -0.25) is 0 Å². The third kappa shape index (κ3) is 2.54. The van der Waals surface area contributed by atoms with Crippen LogP contribution in [0.1, 0.15) is 23.5 Å². The monoisotopic (exact) mass is 260 g/mol. The molecule has 19 heavy (non-hydrogen) atoms. The van der Waals surface area contributed by atoms with Gasteiger partial charge in [-0.05, 0) is 36.5 Å². The predicted molar refractivity (Wildman–Crippen MR) is 70.3 cm³/mol. The molecule has 1 aliphatic heterocycles. The van der Waals surface area contributed by atoms with E-state index >= 15 is 0 Å². The average Bonchev–Trinajstić information content (AvgIpc) is 2.81. The fourth-order valence-electron chi connectivity index (χ4n) is 2.73. The van der Waals surface area contributed by atoms with Crippen LogP contribution in [0, 0.1) is 11.7 Å². The third-order valence-corrected chi connectivity index (χ3v) is 3.79. The van der Waals surface area contributed by atoms with E-state index in [1.807, 2.05) is 12.3 Å². The van der Waals surface area contributed by atoms with E-state index in [0.717, 1.165) is 30.8 Å². The molecule has 0 amide bonds. The lowest BCUT2D eigenvalue weighted by Crippen LogP contribution is -2.22. The zero-order chi connectivity index (χ0) is 13.2. The number of aliphatic hydroxyl groups excluding tert-OH is 1. The molecule has 2 heterocycles. The van der Waals surface area contributed by atoms with Crippen molar-refractivity contribution in [2.24, 2.45) is 5.92 Å². The summed E-state index contributed by atoms with van der Waals surface area (Å²) in [5, 5.41) is 9.22. The Morgan fingerprint density at radius 1 is 1.42 bits per heavy atom. The Bertz CT molecular complexity index is 579. The molecule has 1 aromatic heterocycles. The topological polar surface area (TPSA) is 38.0 Å². The molecular formula is C15H17FN2O. The highest BCUT2D eigenvalue weighted by Crippen LogP contribution is 2.22. The maximum Gasteiger partial charge on any atom is 0.123 e. The molecule has 0 radical (unpaired) electrons. The van der Waals surface area contributed by atoms with E-state index in [0.29, 0.717) is 12.3 Å². The van der Waals surface area contributed by atoms with Crippen LogP contribution in [-0.4, -0.2) is 21.3 Å². The number of rotatable bonds is 3. The van der Waals surface area contributed by atoms with Crippen LogP contribution in [-0.2, 0) is 19.4 Å². The van der Waals surface area contributed by atoms with Crippen LogP contribution in [0.15, 0.2) is 30.5 Å². The van der Waals surface area contributed by atoms with Gasteiger partial charge in [-0.25, -0.2) is 9.37 Å². The molecule has 3 rings (SSSR count). The quantitative estimate of drug-likeness (QED) is 0.918. The lowest BCUT2D eigenvalue weighted by molar-refractivity contribution is 0.200. The number of aliphatic hydroxyl groups is 1. The second-order valence-corrected chi connectivity index (χ2v) is 5.17. The van der Waals surface area contributed by atoms with E-state index in [1.54, 1.807) is 12.1 Å². The number of hydrogen-bond donors (Lipinski definition) is 1. The number of nitrogens with zero attached hydrogens (tertiary/aromatic N) is 2. The molecular weight excluding hydrogens is 243 g/mol. The minimum Gasteiger partial charge on any atom is -0.396 e. The molecule has 100 valence electrons. The Morgan fingerprint density at radius 3 is 3.11 bits per heavy atom. The van der Waals surface area contributed by atoms with Gasteiger partial charge in [0.25, 0.3) is 0 Å². The van der Waals surface area contributed by atoms with Crippen molar-refractivity contribution in [1.29, 1.82) is 0 Å². The Balaban J connectivity index is 1.82. The molecule has 1 aromatic carbocycles. The summed E-state index contributed by atoms with van der Waals surface area (Å²) >= 11 is 0. The van der Waals surface area contributed by atoms with E-state index in [-0.39, 0.29) is 12.4 Å². The molecule has 0 saturated heterocycles. The zero-order valence-corrected chi connectivity index (χ0v) is 10.7. The highest BCUT2D eigenvalue weighted by molar-refractivity contribution is 5.22. The molecule has 3 nitrogen and oxygen atoms in total. The van der Waals surface area contributed by atoms with Crippen molar-refractivity contribution in [1.82, 2.24) is 9.55 Å². The van der Waals surface area contributed by atoms with Gasteiger partial charge in [-0.15, -0.1) is 0 Å². The minimum atomic E-state index is -0.205. The van der Waals surface area contributed by atoms with Crippen LogP contribution >= 0.6 is 0 Å². The molecule has 0 spiro atoms. The molecule has 0 saturated carbocycles. The van der Waals surface area contributed by atoms with Gasteiger partial charge in [0.05, 0.1) is 0 Å². The number of halogens is 1. The van der Waals surface area contributed by atoms with E-state index in [2.05, 4.69) is 9.55 Å². The SMILES string of the molecule is OCC1CCn2c(cnc2Cc2cccc(F)c2)C1. The number of imidazole rings is 1. The van der Waals surface area contributed by atoms with Crippen LogP contribution in [0.5, 0.6) is 0 Å². The summed E-state index contributed by atoms with van der Waals surface area (Å²) in [6, 6.07) is 6.66. The number of hydrogen-bond acceptors (Lipinski definition) is 2. The van der Waals surface area contributed by atoms with E-state index in [4.69, 9.17) is 0 Å². The van der Waals surface area contributed by atoms with Gasteiger partial charge in [-0.2, -0.15) is 0 Å². The van der Waals surface area contributed by atoms with Gasteiger partial charge in [-0.1, -0.05) is 12.1 Å². The Morgan fingerprint density at radius 2 is 2.32 bits per heavy atom. The van der Waals surface area contributed by atoms with E-state index in [9.17, 15) is 9.50 Å². The lowest BCUT2D eigenvalue weighted by Gasteiger charge is -2.23. The second-order valence-electron chi connectivity index (χ2n) is 5.17. The van der Waals surface area contributed by atoms with E-state index < -0.39 is 0 Å². The van der Waals surface area contributed by atoms with Crippen molar-refractivity contribution in [3.8, 4) is 0 Å². The van der Waals surface area contributed by atoms with Crippen molar-refractivity contribution in [2.75, 3.05) is 6.61 Å². The maximum atomic E-state index is 13.2. The van der Waals surface area contributed by atoms with Gasteiger partial charge in [0.2, 0.25) is 0 Å². The minimum absolute atomic E-state index is 0.205. The lowest BCUT2D eigenvalue weighted by atomic mass is 9.97. The first kappa shape index (κ1) is 12.4. The molecule has 0 bridgehead atoms. The summed E-state index contributed by atoms with van der Waals surface area (Å²) in [5.41, 5.74) is 2.12. The van der Waals surface area contributed by atoms with Gasteiger partial charge >= 0.3 is 0 Å². The molecule has 1 unspecified atom stereocenters. The van der Waals surface area contributed by atoms with Crippen LogP contribution in [0.4, 0.5) is 4.39 Å². The average molecular weight is 260 g/mol. The molecule has 1 aliphatic rings. The first-order valence-electron chi connectivity index (χ1n) is 6.65. The summed E-state index contributed by atoms with van der Waals surface area (Å²) in [4.78, 5) is 4.45. The first-order chi connectivity index (χ1) is 9.26. The number of benzene rings is 1. The summed E-state index contributed by atoms with van der Waals surface area (Å²) in [5.74, 6) is 1.13. The number of fused-ring (bicyclic) bond motifs is 1. The zero-order valence-electron chi connectivity index (χ0n) is 10.7. The molecule has 2 aromatic rings. The smallest absolute Gasteiger partial charge is 0.123 e. The van der Waals surface area contributed by atoms with Crippen molar-refractivity contribution >= 4 is 0 Å². The van der Waals surface area contributed by atoms with Crippen LogP contribution in [0.3, 0.4) is 0 Å². The standard InChI is InChI=1S/C15H17FN2O/c16-13-3-1-2-11(6-13)8-15-17-9-14-7-12(10-19)4-5-18(14)15/h1-3,6,9,12,19H,4-5,7-8,10H2. The van der Waals surface area contributed by atoms with Crippen molar-refractivity contribution < 1.29 is 9.50 Å². The largest absolute Gasteiger partial charge is 0.396 e. The highest BCUT2D eigenvalue weighted by Gasteiger charge is 2.20. The summed E-state index contributed by atoms with van der Waals surface area (Å²) < 4.78 is 15.4. The molecule has 0 aliphatic carbocycles. The first-order valence-corrected chi connectivity index (χ1v) is 6.65. The Hall–Kier alpha value is -1.68. The van der Waals surface area contributed by atoms with Crippen LogP contribution in [0.25, 0.3) is 0 Å². The van der Waals surface area contributed by atoms with Crippen molar-refractivity contribution in [2.45, 2.75) is 25.8 Å². The van der Waals surface area contributed by atoms with E-state index in [1.165, 1.54) is 11.8 Å². The summed E-state index contributed by atoms with van der Waals surface area (Å²) in [6.07, 6.45) is 4.40. The van der Waals surface area contributed by atoms with Gasteiger partial charge < -0.3 is 9.67 Å². The summed E-state index contributed by atoms with van der Waals surface area (Å²) in [7, 11) is 0. The predicted octanol–water partition coefficient (Wildman–Crippen LogP) is 2.17. The summed E-state index contributed by atoms with van der Waals surface area (Å²) in [6.45, 7) is 1.13. The Labute approximate surface area is 111 Å². The molecule has 1 N–H and O–H groups in total. The Kier molecular flexibility index (Phi) is 3.34. The van der Waals surface area contributed by atoms with Crippen molar-refractivity contribution in [3.05, 3.63) is 53.4 Å². The van der Waals surface area contributed by atoms with Crippen LogP contribution in [0.2, 0.25) is 0 Å². The van der Waals surface area contributed by atoms with Crippen LogP contribution < -0.4 is 0 Å². The van der Waals surface area contributed by atoms with Crippen molar-refractivity contribution in [3.63, 3.8) is 0 Å².